The molecule has 0 saturated carbocycles. The van der Waals surface area contributed by atoms with E-state index in [1.807, 2.05) is 13.8 Å². The van der Waals surface area contributed by atoms with Crippen LogP contribution in [0.15, 0.2) is 71.8 Å². The summed E-state index contributed by atoms with van der Waals surface area (Å²) in [5, 5.41) is 3.99. The van der Waals surface area contributed by atoms with Gasteiger partial charge in [0, 0.05) is 5.56 Å². The Hall–Kier alpha value is -4.33. The van der Waals surface area contributed by atoms with E-state index in [1.165, 1.54) is 6.21 Å². The summed E-state index contributed by atoms with van der Waals surface area (Å²) >= 11 is 0. The van der Waals surface area contributed by atoms with Gasteiger partial charge in [-0.15, -0.1) is 0 Å². The Morgan fingerprint density at radius 1 is 0.824 bits per heavy atom. The zero-order valence-corrected chi connectivity index (χ0v) is 19.2. The first-order valence-corrected chi connectivity index (χ1v) is 10.7. The number of ether oxygens (including phenoxy) is 4. The maximum atomic E-state index is 12.5. The van der Waals surface area contributed by atoms with E-state index in [-0.39, 0.29) is 11.7 Å². The van der Waals surface area contributed by atoms with Gasteiger partial charge in [0.05, 0.1) is 32.1 Å². The largest absolute Gasteiger partial charge is 0.497 e. The lowest BCUT2D eigenvalue weighted by atomic mass is 10.2. The summed E-state index contributed by atoms with van der Waals surface area (Å²) in [5.41, 5.74) is 3.96. The first kappa shape index (κ1) is 24.3. The number of hydrogen-bond donors (Lipinski definition) is 1. The van der Waals surface area contributed by atoms with Crippen molar-refractivity contribution in [1.29, 1.82) is 0 Å². The quantitative estimate of drug-likeness (QED) is 0.207. The zero-order chi connectivity index (χ0) is 24.3. The number of nitrogens with zero attached hydrogens (tertiary/aromatic N) is 1. The molecule has 3 rings (SSSR count). The number of carbonyl (C=O) groups excluding carboxylic acids is 2. The monoisotopic (exact) mass is 462 g/mol. The molecule has 0 saturated heterocycles. The van der Waals surface area contributed by atoms with Crippen molar-refractivity contribution < 1.29 is 28.5 Å². The van der Waals surface area contributed by atoms with Gasteiger partial charge in [-0.2, -0.15) is 5.10 Å². The summed E-state index contributed by atoms with van der Waals surface area (Å²) in [6.45, 7) is 4.64. The number of amides is 1. The van der Waals surface area contributed by atoms with Crippen molar-refractivity contribution in [3.05, 3.63) is 83.4 Å². The molecule has 0 aliphatic carbocycles. The molecule has 0 atom stereocenters. The van der Waals surface area contributed by atoms with E-state index in [9.17, 15) is 9.59 Å². The van der Waals surface area contributed by atoms with Crippen LogP contribution in [0.1, 0.15) is 40.1 Å². The van der Waals surface area contributed by atoms with Crippen molar-refractivity contribution in [3.8, 4) is 23.0 Å². The molecule has 8 nitrogen and oxygen atoms in total. The van der Waals surface area contributed by atoms with Crippen molar-refractivity contribution in [1.82, 2.24) is 5.43 Å². The summed E-state index contributed by atoms with van der Waals surface area (Å²) in [6.07, 6.45) is 1.47. The van der Waals surface area contributed by atoms with Gasteiger partial charge in [0.1, 0.15) is 11.5 Å². The predicted octanol–water partition coefficient (Wildman–Crippen LogP) is 4.48. The van der Waals surface area contributed by atoms with Crippen LogP contribution >= 0.6 is 0 Å². The second-order valence-electron chi connectivity index (χ2n) is 6.91. The van der Waals surface area contributed by atoms with Gasteiger partial charge < -0.3 is 18.9 Å². The van der Waals surface area contributed by atoms with Crippen molar-refractivity contribution in [2.24, 2.45) is 5.10 Å². The molecule has 0 radical (unpaired) electrons. The fourth-order valence-corrected chi connectivity index (χ4v) is 2.94. The highest BCUT2D eigenvalue weighted by Gasteiger charge is 2.13. The molecule has 0 heterocycles. The van der Waals surface area contributed by atoms with Gasteiger partial charge in [0.2, 0.25) is 0 Å². The van der Waals surface area contributed by atoms with Crippen LogP contribution in [0.2, 0.25) is 0 Å². The summed E-state index contributed by atoms with van der Waals surface area (Å²) < 4.78 is 21.6. The Labute approximate surface area is 198 Å². The number of esters is 1. The van der Waals surface area contributed by atoms with Crippen LogP contribution in [0.5, 0.6) is 23.0 Å². The van der Waals surface area contributed by atoms with Crippen LogP contribution in [0.3, 0.4) is 0 Å². The molecular weight excluding hydrogens is 436 g/mol. The number of hydrazone groups is 1. The van der Waals surface area contributed by atoms with Crippen molar-refractivity contribution in [2.75, 3.05) is 20.3 Å². The molecule has 3 aromatic carbocycles. The summed E-state index contributed by atoms with van der Waals surface area (Å²) in [6, 6.07) is 18.4. The van der Waals surface area contributed by atoms with Crippen molar-refractivity contribution >= 4 is 18.1 Å². The van der Waals surface area contributed by atoms with Gasteiger partial charge >= 0.3 is 5.97 Å². The second-order valence-corrected chi connectivity index (χ2v) is 6.91. The fourth-order valence-electron chi connectivity index (χ4n) is 2.94. The smallest absolute Gasteiger partial charge is 0.343 e. The molecule has 8 heteroatoms. The minimum atomic E-state index is -0.517. The predicted molar refractivity (Wildman–Crippen MR) is 128 cm³/mol. The standard InChI is InChI=1S/C26H26N2O6/c1-4-32-22-13-9-20(10-14-22)26(30)34-23-15-6-18(16-24(23)33-5-2)17-27-28-25(29)19-7-11-21(31-3)12-8-19/h6-17H,4-5H2,1-3H3,(H,28,29)/b27-17-. The van der Waals surface area contributed by atoms with Crippen LogP contribution in [-0.4, -0.2) is 38.4 Å². The molecular formula is C26H26N2O6. The van der Waals surface area contributed by atoms with Crippen LogP contribution in [0.25, 0.3) is 0 Å². The summed E-state index contributed by atoms with van der Waals surface area (Å²) in [5.74, 6) is 1.12. The van der Waals surface area contributed by atoms with Gasteiger partial charge in [-0.3, -0.25) is 4.79 Å². The number of hydrogen-bond acceptors (Lipinski definition) is 7. The molecule has 176 valence electrons. The lowest BCUT2D eigenvalue weighted by Crippen LogP contribution is -2.17. The Bertz CT molecular complexity index is 1140. The molecule has 0 unspecified atom stereocenters. The highest BCUT2D eigenvalue weighted by molar-refractivity contribution is 5.95. The van der Waals surface area contributed by atoms with E-state index in [0.717, 1.165) is 0 Å². The fraction of sp³-hybridized carbons (Fsp3) is 0.192. The van der Waals surface area contributed by atoms with Crippen molar-refractivity contribution in [3.63, 3.8) is 0 Å². The SMILES string of the molecule is CCOc1ccc(C(=O)Oc2ccc(/C=N\NC(=O)c3ccc(OC)cc3)cc2OCC)cc1. The molecule has 1 N–H and O–H groups in total. The highest BCUT2D eigenvalue weighted by atomic mass is 16.6. The minimum absolute atomic E-state index is 0.278. The molecule has 1 amide bonds. The number of methoxy groups -OCH3 is 1. The lowest BCUT2D eigenvalue weighted by Gasteiger charge is -2.11. The van der Waals surface area contributed by atoms with Gasteiger partial charge in [0.15, 0.2) is 11.5 Å². The molecule has 0 spiro atoms. The van der Waals surface area contributed by atoms with E-state index < -0.39 is 5.97 Å². The Kier molecular flexibility index (Phi) is 8.62. The van der Waals surface area contributed by atoms with E-state index in [1.54, 1.807) is 73.8 Å². The average Bonchev–Trinajstić information content (AvgIpc) is 2.86. The highest BCUT2D eigenvalue weighted by Crippen LogP contribution is 2.29. The maximum absolute atomic E-state index is 12.5. The van der Waals surface area contributed by atoms with Gasteiger partial charge in [-0.05, 0) is 86.1 Å². The summed E-state index contributed by atoms with van der Waals surface area (Å²) in [7, 11) is 1.56. The number of nitrogens with one attached hydrogen (secondary N) is 1. The van der Waals surface area contributed by atoms with E-state index in [4.69, 9.17) is 18.9 Å². The maximum Gasteiger partial charge on any atom is 0.343 e. The normalized spacial score (nSPS) is 10.6. The Morgan fingerprint density at radius 3 is 2.12 bits per heavy atom. The zero-order valence-electron chi connectivity index (χ0n) is 19.2. The van der Waals surface area contributed by atoms with E-state index >= 15 is 0 Å². The van der Waals surface area contributed by atoms with Gasteiger partial charge in [-0.25, -0.2) is 10.2 Å². The third kappa shape index (κ3) is 6.59. The van der Waals surface area contributed by atoms with Gasteiger partial charge in [0.25, 0.3) is 5.91 Å². The van der Waals surface area contributed by atoms with E-state index in [2.05, 4.69) is 10.5 Å². The molecule has 0 aliphatic rings. The Balaban J connectivity index is 1.66. The number of rotatable bonds is 10. The van der Waals surface area contributed by atoms with Crippen LogP contribution in [-0.2, 0) is 0 Å². The first-order valence-electron chi connectivity index (χ1n) is 10.7. The van der Waals surface area contributed by atoms with Crippen LogP contribution in [0, 0.1) is 0 Å². The third-order valence-electron chi connectivity index (χ3n) is 4.60. The third-order valence-corrected chi connectivity index (χ3v) is 4.60. The van der Waals surface area contributed by atoms with E-state index in [0.29, 0.717) is 47.2 Å². The molecule has 0 bridgehead atoms. The molecule has 3 aromatic rings. The average molecular weight is 463 g/mol. The minimum Gasteiger partial charge on any atom is -0.497 e. The first-order chi connectivity index (χ1) is 16.5. The number of carbonyl (C=O) groups is 2. The molecule has 34 heavy (non-hydrogen) atoms. The summed E-state index contributed by atoms with van der Waals surface area (Å²) in [4.78, 5) is 24.8. The molecule has 0 fully saturated rings. The van der Waals surface area contributed by atoms with Crippen molar-refractivity contribution in [2.45, 2.75) is 13.8 Å². The van der Waals surface area contributed by atoms with Crippen LogP contribution in [0.4, 0.5) is 0 Å². The lowest BCUT2D eigenvalue weighted by molar-refractivity contribution is 0.0728. The Morgan fingerprint density at radius 2 is 1.47 bits per heavy atom. The topological polar surface area (TPSA) is 95.5 Å². The second kappa shape index (κ2) is 12.1. The van der Waals surface area contributed by atoms with Crippen LogP contribution < -0.4 is 24.4 Å². The van der Waals surface area contributed by atoms with Gasteiger partial charge in [-0.1, -0.05) is 0 Å². The molecule has 0 aliphatic heterocycles. The molecule has 0 aromatic heterocycles. The number of benzene rings is 3.